The molecule has 1 aromatic heterocycles. The van der Waals surface area contributed by atoms with Crippen molar-refractivity contribution in [2.45, 2.75) is 30.2 Å². The van der Waals surface area contributed by atoms with Gasteiger partial charge in [-0.3, -0.25) is 0 Å². The third-order valence-electron chi connectivity index (χ3n) is 4.98. The lowest BCUT2D eigenvalue weighted by Crippen LogP contribution is -2.11. The van der Waals surface area contributed by atoms with Crippen molar-refractivity contribution < 1.29 is 36.2 Å². The van der Waals surface area contributed by atoms with Gasteiger partial charge < -0.3 is 9.84 Å². The number of carboxylic acids is 1. The number of ether oxygens (including phenoxy) is 1. The monoisotopic (exact) mass is 545 g/mol. The summed E-state index contributed by atoms with van der Waals surface area (Å²) in [5.41, 5.74) is -0.830. The largest absolute Gasteiger partial charge is 0.492 e. The molecule has 0 aliphatic heterocycles. The van der Waals surface area contributed by atoms with E-state index >= 15 is 0 Å². The predicted molar refractivity (Wildman–Crippen MR) is 121 cm³/mol. The lowest BCUT2D eigenvalue weighted by molar-refractivity contribution is -0.137. The van der Waals surface area contributed by atoms with Crippen molar-refractivity contribution in [2.75, 3.05) is 12.4 Å². The molecule has 1 N–H and O–H groups in total. The van der Waals surface area contributed by atoms with Gasteiger partial charge in [-0.2, -0.15) is 13.2 Å². The molecule has 0 spiro atoms. The number of nitrogens with zero attached hydrogens (tertiary/aromatic N) is 1. The molecule has 0 atom stereocenters. The number of aromatic carboxylic acids is 1. The first kappa shape index (κ1) is 25.0. The number of rotatable bonds is 7. The van der Waals surface area contributed by atoms with E-state index in [0.717, 1.165) is 12.1 Å². The zero-order chi connectivity index (χ0) is 24.6. The van der Waals surface area contributed by atoms with Gasteiger partial charge in [-0.25, -0.2) is 18.2 Å². The fourth-order valence-electron chi connectivity index (χ4n) is 3.43. The van der Waals surface area contributed by atoms with Crippen molar-refractivity contribution in [3.05, 3.63) is 53.1 Å². The van der Waals surface area contributed by atoms with Gasteiger partial charge in [-0.15, -0.1) is 0 Å². The Morgan fingerprint density at radius 2 is 1.88 bits per heavy atom. The molecule has 0 saturated heterocycles. The van der Waals surface area contributed by atoms with Crippen LogP contribution in [0.4, 0.5) is 13.2 Å². The molecule has 1 heterocycles. The Labute approximate surface area is 196 Å². The maximum atomic E-state index is 13.3. The molecule has 11 heteroatoms. The van der Waals surface area contributed by atoms with Gasteiger partial charge in [-0.05, 0) is 25.1 Å². The summed E-state index contributed by atoms with van der Waals surface area (Å²) in [6.07, 6.45) is -4.59. The minimum atomic E-state index is -4.59. The van der Waals surface area contributed by atoms with Crippen LogP contribution in [0.25, 0.3) is 22.2 Å². The first-order valence-electron chi connectivity index (χ1n) is 9.77. The predicted octanol–water partition coefficient (Wildman–Crippen LogP) is 5.71. The molecule has 176 valence electrons. The fraction of sp³-hybridized carbons (Fsp3) is 0.273. The van der Waals surface area contributed by atoms with Crippen molar-refractivity contribution in [3.63, 3.8) is 0 Å². The van der Waals surface area contributed by atoms with Crippen LogP contribution in [0.1, 0.15) is 35.3 Å². The minimum absolute atomic E-state index is 0.00252. The van der Waals surface area contributed by atoms with Gasteiger partial charge in [0, 0.05) is 27.9 Å². The average molecular weight is 546 g/mol. The van der Waals surface area contributed by atoms with Crippen molar-refractivity contribution in [2.24, 2.45) is 0 Å². The molecule has 33 heavy (non-hydrogen) atoms. The molecule has 6 nitrogen and oxygen atoms in total. The van der Waals surface area contributed by atoms with E-state index in [0.29, 0.717) is 0 Å². The van der Waals surface area contributed by atoms with Crippen LogP contribution in [0.3, 0.4) is 0 Å². The third-order valence-corrected chi connectivity index (χ3v) is 7.29. The van der Waals surface area contributed by atoms with Crippen LogP contribution < -0.4 is 4.74 Å². The number of alkyl halides is 4. The zero-order valence-corrected chi connectivity index (χ0v) is 19.9. The standard InChI is InChI=1S/C22H19BrF3NO5S/c1-3-32-17-10-16-14(9-18(17)33(30,31)4-2)19(21(28)29)15(11-23)20(27-16)12-6-5-7-13(8-12)22(24,25)26/h5-10H,3-4,11H2,1-2H3,(H,28,29). The number of pyridine rings is 1. The van der Waals surface area contributed by atoms with Crippen molar-refractivity contribution in [1.82, 2.24) is 4.98 Å². The Balaban J connectivity index is 2.45. The minimum Gasteiger partial charge on any atom is -0.492 e. The van der Waals surface area contributed by atoms with Gasteiger partial charge >= 0.3 is 12.1 Å². The molecule has 0 radical (unpaired) electrons. The van der Waals surface area contributed by atoms with Crippen LogP contribution in [-0.2, 0) is 21.3 Å². The number of benzene rings is 2. The second-order valence-corrected chi connectivity index (χ2v) is 9.79. The van der Waals surface area contributed by atoms with E-state index in [1.165, 1.54) is 31.2 Å². The fourth-order valence-corrected chi connectivity index (χ4v) is 5.01. The summed E-state index contributed by atoms with van der Waals surface area (Å²) in [4.78, 5) is 16.5. The second-order valence-electron chi connectivity index (χ2n) is 6.98. The molecule has 0 fully saturated rings. The topological polar surface area (TPSA) is 93.6 Å². The lowest BCUT2D eigenvalue weighted by Gasteiger charge is -2.17. The Morgan fingerprint density at radius 3 is 2.42 bits per heavy atom. The molecule has 0 saturated carbocycles. The van der Waals surface area contributed by atoms with E-state index in [-0.39, 0.29) is 61.6 Å². The smallest absolute Gasteiger partial charge is 0.416 e. The normalized spacial score (nSPS) is 12.2. The molecular formula is C22H19BrF3NO5S. The summed E-state index contributed by atoms with van der Waals surface area (Å²) in [7, 11) is -3.77. The quantitative estimate of drug-likeness (QED) is 0.382. The SMILES string of the molecule is CCOc1cc2nc(-c3cccc(C(F)(F)F)c3)c(CBr)c(C(=O)O)c2cc1S(=O)(=O)CC. The Kier molecular flexibility index (Phi) is 7.04. The van der Waals surface area contributed by atoms with Gasteiger partial charge in [0.15, 0.2) is 9.84 Å². The maximum Gasteiger partial charge on any atom is 0.416 e. The number of carboxylic acid groups (broad SMARTS) is 1. The van der Waals surface area contributed by atoms with E-state index in [9.17, 15) is 31.5 Å². The average Bonchev–Trinajstić information content (AvgIpc) is 2.76. The number of fused-ring (bicyclic) bond motifs is 1. The van der Waals surface area contributed by atoms with Gasteiger partial charge in [0.1, 0.15) is 10.6 Å². The molecular weight excluding hydrogens is 527 g/mol. The van der Waals surface area contributed by atoms with Crippen LogP contribution in [0.15, 0.2) is 41.3 Å². The molecule has 0 aliphatic carbocycles. The number of sulfone groups is 1. The molecule has 3 rings (SSSR count). The maximum absolute atomic E-state index is 13.3. The van der Waals surface area contributed by atoms with Crippen LogP contribution in [-0.4, -0.2) is 36.8 Å². The number of hydrogen-bond donors (Lipinski definition) is 1. The lowest BCUT2D eigenvalue weighted by atomic mass is 9.96. The van der Waals surface area contributed by atoms with Crippen LogP contribution >= 0.6 is 15.9 Å². The van der Waals surface area contributed by atoms with E-state index in [4.69, 9.17) is 4.74 Å². The highest BCUT2D eigenvalue weighted by molar-refractivity contribution is 9.08. The van der Waals surface area contributed by atoms with Crippen LogP contribution in [0, 0.1) is 0 Å². The van der Waals surface area contributed by atoms with E-state index in [1.807, 2.05) is 0 Å². The molecule has 0 bridgehead atoms. The summed E-state index contributed by atoms with van der Waals surface area (Å²) < 4.78 is 70.5. The highest BCUT2D eigenvalue weighted by atomic mass is 79.9. The highest BCUT2D eigenvalue weighted by Gasteiger charge is 2.31. The number of carbonyl (C=O) groups is 1. The van der Waals surface area contributed by atoms with E-state index in [1.54, 1.807) is 6.92 Å². The first-order valence-corrected chi connectivity index (χ1v) is 12.5. The van der Waals surface area contributed by atoms with Gasteiger partial charge in [0.05, 0.1) is 34.7 Å². The Hall–Kier alpha value is -2.66. The summed E-state index contributed by atoms with van der Waals surface area (Å²) in [6.45, 7) is 3.25. The van der Waals surface area contributed by atoms with Gasteiger partial charge in [0.25, 0.3) is 0 Å². The van der Waals surface area contributed by atoms with Crippen molar-refractivity contribution in [1.29, 1.82) is 0 Å². The van der Waals surface area contributed by atoms with E-state index < -0.39 is 27.5 Å². The summed E-state index contributed by atoms with van der Waals surface area (Å²) in [5, 5.41) is 9.97. The second kappa shape index (κ2) is 9.30. The van der Waals surface area contributed by atoms with Gasteiger partial charge in [0.2, 0.25) is 0 Å². The number of halogens is 4. The first-order chi connectivity index (χ1) is 15.4. The van der Waals surface area contributed by atoms with E-state index in [2.05, 4.69) is 20.9 Å². The van der Waals surface area contributed by atoms with Crippen LogP contribution in [0.5, 0.6) is 5.75 Å². The molecule has 0 aliphatic rings. The molecule has 3 aromatic rings. The van der Waals surface area contributed by atoms with Crippen molar-refractivity contribution >= 4 is 42.6 Å². The molecule has 2 aromatic carbocycles. The summed E-state index contributed by atoms with van der Waals surface area (Å²) in [6, 6.07) is 6.93. The summed E-state index contributed by atoms with van der Waals surface area (Å²) >= 11 is 3.21. The highest BCUT2D eigenvalue weighted by Crippen LogP contribution is 2.38. The Bertz CT molecular complexity index is 1340. The third kappa shape index (κ3) is 4.84. The Morgan fingerprint density at radius 1 is 1.18 bits per heavy atom. The summed E-state index contributed by atoms with van der Waals surface area (Å²) in [5.74, 6) is -1.60. The van der Waals surface area contributed by atoms with Crippen molar-refractivity contribution in [3.8, 4) is 17.0 Å². The molecule has 0 amide bonds. The zero-order valence-electron chi connectivity index (χ0n) is 17.5. The number of hydrogen-bond acceptors (Lipinski definition) is 5. The number of aromatic nitrogens is 1. The molecule has 0 unspecified atom stereocenters. The van der Waals surface area contributed by atoms with Crippen LogP contribution in [0.2, 0.25) is 0 Å². The van der Waals surface area contributed by atoms with Gasteiger partial charge in [-0.1, -0.05) is 35.0 Å².